The van der Waals surface area contributed by atoms with Gasteiger partial charge in [0.1, 0.15) is 11.9 Å². The van der Waals surface area contributed by atoms with E-state index in [4.69, 9.17) is 0 Å². The molecule has 1 saturated heterocycles. The van der Waals surface area contributed by atoms with E-state index in [1.807, 2.05) is 35.4 Å². The first kappa shape index (κ1) is 21.7. The Hall–Kier alpha value is -3.15. The normalized spacial score (nSPS) is 21.4. The number of rotatable bonds is 5. The van der Waals surface area contributed by atoms with Crippen LogP contribution in [-0.4, -0.2) is 40.8 Å². The third kappa shape index (κ3) is 4.65. The first-order valence-electron chi connectivity index (χ1n) is 12.0. The smallest absolute Gasteiger partial charge is 0.251 e. The molecule has 2 aliphatic rings. The Bertz CT molecular complexity index is 1140. The van der Waals surface area contributed by atoms with Gasteiger partial charge in [-0.2, -0.15) is 0 Å². The molecule has 1 aromatic heterocycles. The van der Waals surface area contributed by atoms with Crippen LogP contribution in [0.3, 0.4) is 0 Å². The summed E-state index contributed by atoms with van der Waals surface area (Å²) in [6, 6.07) is 12.7. The number of hydrogen-bond acceptors (Lipinski definition) is 2. The standard InChI is InChI=1S/C27H30FN3O2/c28-22-11-9-19(10-12-22)26(32)30-25(15-21-16-29-24-8-4-3-7-23(21)24)27(33)31-14-13-18-5-1-2-6-20(18)17-31/h3-4,7-12,16,18,20,25,29H,1-2,5-6,13-15,17H2,(H,30,32)/t18-,20+,25+/m1/s1. The number of fused-ring (bicyclic) bond motifs is 2. The van der Waals surface area contributed by atoms with Crippen LogP contribution >= 0.6 is 0 Å². The van der Waals surface area contributed by atoms with Crippen molar-refractivity contribution in [1.29, 1.82) is 0 Å². The number of likely N-dealkylation sites (tertiary alicyclic amines) is 1. The zero-order valence-electron chi connectivity index (χ0n) is 18.7. The summed E-state index contributed by atoms with van der Waals surface area (Å²) < 4.78 is 13.3. The topological polar surface area (TPSA) is 65.2 Å². The van der Waals surface area contributed by atoms with Gasteiger partial charge in [0, 0.05) is 42.2 Å². The van der Waals surface area contributed by atoms with Crippen LogP contribution in [0, 0.1) is 17.7 Å². The van der Waals surface area contributed by atoms with Gasteiger partial charge in [-0.3, -0.25) is 9.59 Å². The minimum absolute atomic E-state index is 0.0280. The van der Waals surface area contributed by atoms with E-state index in [2.05, 4.69) is 10.3 Å². The maximum Gasteiger partial charge on any atom is 0.251 e. The fourth-order valence-electron chi connectivity index (χ4n) is 5.58. The minimum atomic E-state index is -0.679. The molecule has 2 N–H and O–H groups in total. The van der Waals surface area contributed by atoms with Gasteiger partial charge in [0.25, 0.3) is 5.91 Å². The van der Waals surface area contributed by atoms with Gasteiger partial charge < -0.3 is 15.2 Å². The number of carbonyl (C=O) groups excluding carboxylic acids is 2. The lowest BCUT2D eigenvalue weighted by Crippen LogP contribution is -2.53. The Morgan fingerprint density at radius 3 is 2.61 bits per heavy atom. The molecule has 6 heteroatoms. The van der Waals surface area contributed by atoms with Gasteiger partial charge in [0.15, 0.2) is 0 Å². The molecular weight excluding hydrogens is 417 g/mol. The number of nitrogens with one attached hydrogen (secondary N) is 2. The van der Waals surface area contributed by atoms with Crippen LogP contribution in [0.25, 0.3) is 10.9 Å². The molecule has 2 amide bonds. The SMILES string of the molecule is O=C(N[C@@H](Cc1c[nH]c2ccccc12)C(=O)N1CC[C@H]2CCCC[C@H]2C1)c1ccc(F)cc1. The van der Waals surface area contributed by atoms with E-state index >= 15 is 0 Å². The Kier molecular flexibility index (Phi) is 6.16. The largest absolute Gasteiger partial charge is 0.361 e. The van der Waals surface area contributed by atoms with E-state index in [1.165, 1.54) is 49.9 Å². The lowest BCUT2D eigenvalue weighted by molar-refractivity contribution is -0.136. The van der Waals surface area contributed by atoms with Gasteiger partial charge in [-0.05, 0) is 60.6 Å². The molecule has 1 saturated carbocycles. The fourth-order valence-corrected chi connectivity index (χ4v) is 5.58. The van der Waals surface area contributed by atoms with Crippen LogP contribution in [0.4, 0.5) is 4.39 Å². The predicted octanol–water partition coefficient (Wildman–Crippen LogP) is 4.69. The molecule has 1 aliphatic carbocycles. The highest BCUT2D eigenvalue weighted by atomic mass is 19.1. The molecule has 0 unspecified atom stereocenters. The van der Waals surface area contributed by atoms with Crippen LogP contribution in [-0.2, 0) is 11.2 Å². The fraction of sp³-hybridized carbons (Fsp3) is 0.407. The number of nitrogens with zero attached hydrogens (tertiary/aromatic N) is 1. The third-order valence-corrected chi connectivity index (χ3v) is 7.41. The number of carbonyl (C=O) groups is 2. The highest BCUT2D eigenvalue weighted by Crippen LogP contribution is 2.36. The molecule has 172 valence electrons. The average Bonchev–Trinajstić information content (AvgIpc) is 3.26. The lowest BCUT2D eigenvalue weighted by atomic mass is 9.75. The van der Waals surface area contributed by atoms with Gasteiger partial charge in [-0.1, -0.05) is 37.5 Å². The van der Waals surface area contributed by atoms with E-state index in [0.717, 1.165) is 41.9 Å². The van der Waals surface area contributed by atoms with Gasteiger partial charge in [-0.25, -0.2) is 4.39 Å². The number of H-pyrrole nitrogens is 1. The van der Waals surface area contributed by atoms with Crippen molar-refractivity contribution < 1.29 is 14.0 Å². The highest BCUT2D eigenvalue weighted by Gasteiger charge is 2.36. The van der Waals surface area contributed by atoms with Crippen molar-refractivity contribution >= 4 is 22.7 Å². The van der Waals surface area contributed by atoms with Crippen LogP contribution in [0.1, 0.15) is 48.0 Å². The number of aromatic amines is 1. The van der Waals surface area contributed by atoms with Crippen molar-refractivity contribution in [1.82, 2.24) is 15.2 Å². The Morgan fingerprint density at radius 2 is 1.79 bits per heavy atom. The summed E-state index contributed by atoms with van der Waals surface area (Å²) in [5.74, 6) is 0.510. The van der Waals surface area contributed by atoms with Crippen molar-refractivity contribution in [2.45, 2.75) is 44.6 Å². The highest BCUT2D eigenvalue weighted by molar-refractivity contribution is 5.98. The second-order valence-corrected chi connectivity index (χ2v) is 9.47. The van der Waals surface area contributed by atoms with Crippen LogP contribution in [0.2, 0.25) is 0 Å². The molecule has 5 nitrogen and oxygen atoms in total. The molecule has 0 radical (unpaired) electrons. The van der Waals surface area contributed by atoms with Gasteiger partial charge >= 0.3 is 0 Å². The summed E-state index contributed by atoms with van der Waals surface area (Å²) in [4.78, 5) is 31.9. The molecule has 3 atom stereocenters. The summed E-state index contributed by atoms with van der Waals surface area (Å²) in [5.41, 5.74) is 2.35. The van der Waals surface area contributed by atoms with Crippen LogP contribution in [0.15, 0.2) is 54.7 Å². The average molecular weight is 448 g/mol. The molecule has 2 aromatic carbocycles. The zero-order valence-corrected chi connectivity index (χ0v) is 18.7. The Morgan fingerprint density at radius 1 is 1.03 bits per heavy atom. The molecule has 0 spiro atoms. The number of hydrogen-bond donors (Lipinski definition) is 2. The monoisotopic (exact) mass is 447 g/mol. The van der Waals surface area contributed by atoms with Crippen molar-refractivity contribution in [3.63, 3.8) is 0 Å². The van der Waals surface area contributed by atoms with Gasteiger partial charge in [0.05, 0.1) is 0 Å². The number of halogens is 1. The first-order valence-corrected chi connectivity index (χ1v) is 12.0. The molecule has 3 aromatic rings. The summed E-state index contributed by atoms with van der Waals surface area (Å²) in [7, 11) is 0. The summed E-state index contributed by atoms with van der Waals surface area (Å²) in [6.45, 7) is 1.52. The number of piperidine rings is 1. The Labute approximate surface area is 193 Å². The van der Waals surface area contributed by atoms with E-state index in [9.17, 15) is 14.0 Å². The summed E-state index contributed by atoms with van der Waals surface area (Å²) in [6.07, 6.45) is 8.36. The van der Waals surface area contributed by atoms with Crippen molar-refractivity contribution in [2.24, 2.45) is 11.8 Å². The Balaban J connectivity index is 1.38. The molecule has 1 aliphatic heterocycles. The minimum Gasteiger partial charge on any atom is -0.361 e. The zero-order chi connectivity index (χ0) is 22.8. The van der Waals surface area contributed by atoms with Crippen molar-refractivity contribution in [3.8, 4) is 0 Å². The number of para-hydroxylation sites is 1. The molecule has 2 fully saturated rings. The second kappa shape index (κ2) is 9.38. The van der Waals surface area contributed by atoms with E-state index in [1.54, 1.807) is 0 Å². The van der Waals surface area contributed by atoms with Gasteiger partial charge in [0.2, 0.25) is 5.91 Å². The summed E-state index contributed by atoms with van der Waals surface area (Å²) in [5, 5.41) is 4.01. The molecular formula is C27H30FN3O2. The maximum atomic E-state index is 13.7. The van der Waals surface area contributed by atoms with Crippen molar-refractivity contribution in [2.75, 3.05) is 13.1 Å². The summed E-state index contributed by atoms with van der Waals surface area (Å²) >= 11 is 0. The molecule has 0 bridgehead atoms. The van der Waals surface area contributed by atoms with Crippen molar-refractivity contribution in [3.05, 3.63) is 71.7 Å². The third-order valence-electron chi connectivity index (χ3n) is 7.41. The molecule has 5 rings (SSSR count). The second-order valence-electron chi connectivity index (χ2n) is 9.47. The number of aromatic nitrogens is 1. The first-order chi connectivity index (χ1) is 16.1. The van der Waals surface area contributed by atoms with E-state index in [0.29, 0.717) is 17.9 Å². The number of amides is 2. The maximum absolute atomic E-state index is 13.7. The van der Waals surface area contributed by atoms with Crippen LogP contribution in [0.5, 0.6) is 0 Å². The lowest BCUT2D eigenvalue weighted by Gasteiger charge is -2.42. The predicted molar refractivity (Wildman–Crippen MR) is 126 cm³/mol. The number of benzene rings is 2. The van der Waals surface area contributed by atoms with Crippen LogP contribution < -0.4 is 5.32 Å². The molecule has 33 heavy (non-hydrogen) atoms. The molecule has 2 heterocycles. The quantitative estimate of drug-likeness (QED) is 0.596. The van der Waals surface area contributed by atoms with Gasteiger partial charge in [-0.15, -0.1) is 0 Å². The van der Waals surface area contributed by atoms with E-state index < -0.39 is 11.9 Å². The van der Waals surface area contributed by atoms with E-state index in [-0.39, 0.29) is 11.8 Å².